The van der Waals surface area contributed by atoms with Crippen LogP contribution in [0, 0.1) is 0 Å². The molecule has 0 atom stereocenters. The number of nitrogens with one attached hydrogen (secondary N) is 1. The average molecular weight is 306 g/mol. The van der Waals surface area contributed by atoms with Crippen molar-refractivity contribution in [1.29, 1.82) is 0 Å². The number of aromatic nitrogens is 4. The Morgan fingerprint density at radius 2 is 2.05 bits per heavy atom. The largest absolute Gasteiger partial charge is 0.366 e. The van der Waals surface area contributed by atoms with Crippen molar-refractivity contribution in [2.45, 2.75) is 39.4 Å². The van der Waals surface area contributed by atoms with Crippen LogP contribution in [-0.2, 0) is 13.1 Å². The summed E-state index contributed by atoms with van der Waals surface area (Å²) in [6.07, 6.45) is 2.55. The van der Waals surface area contributed by atoms with Crippen molar-refractivity contribution < 1.29 is 8.78 Å². The summed E-state index contributed by atoms with van der Waals surface area (Å²) in [7, 11) is 0. The molecule has 0 spiro atoms. The zero-order chi connectivity index (χ0) is 13.8. The van der Waals surface area contributed by atoms with Gasteiger partial charge in [-0.05, 0) is 13.8 Å². The molecule has 0 aliphatic heterocycles. The second-order valence-electron chi connectivity index (χ2n) is 4.57. The minimum Gasteiger partial charge on any atom is -0.366 e. The molecule has 112 valence electrons. The highest BCUT2D eigenvalue weighted by molar-refractivity contribution is 5.85. The summed E-state index contributed by atoms with van der Waals surface area (Å²) in [5, 5.41) is 11.3. The maximum atomic E-state index is 12.2. The van der Waals surface area contributed by atoms with Crippen LogP contribution in [-0.4, -0.2) is 26.0 Å². The van der Waals surface area contributed by atoms with Crippen LogP contribution in [0.5, 0.6) is 0 Å². The van der Waals surface area contributed by atoms with Crippen molar-refractivity contribution in [3.05, 3.63) is 30.2 Å². The number of alkyl halides is 2. The van der Waals surface area contributed by atoms with Gasteiger partial charge in [-0.15, -0.1) is 12.4 Å². The van der Waals surface area contributed by atoms with E-state index in [2.05, 4.69) is 15.5 Å². The van der Waals surface area contributed by atoms with Crippen LogP contribution in [0.15, 0.2) is 24.7 Å². The summed E-state index contributed by atoms with van der Waals surface area (Å²) in [4.78, 5) is 0. The molecule has 0 radical (unpaired) electrons. The molecular weight excluding hydrogens is 288 g/mol. The fourth-order valence-electron chi connectivity index (χ4n) is 1.80. The highest BCUT2D eigenvalue weighted by atomic mass is 35.5. The van der Waals surface area contributed by atoms with E-state index >= 15 is 0 Å². The normalized spacial score (nSPS) is 10.9. The molecule has 0 fully saturated rings. The Labute approximate surface area is 122 Å². The lowest BCUT2D eigenvalue weighted by molar-refractivity contribution is 0.122. The molecule has 0 saturated heterocycles. The first-order valence-electron chi connectivity index (χ1n) is 6.13. The van der Waals surface area contributed by atoms with Crippen LogP contribution < -0.4 is 5.32 Å². The Bertz CT molecular complexity index is 523. The third-order valence-corrected chi connectivity index (χ3v) is 2.64. The first kappa shape index (κ1) is 16.4. The van der Waals surface area contributed by atoms with Crippen molar-refractivity contribution in [2.75, 3.05) is 5.32 Å². The molecule has 0 unspecified atom stereocenters. The van der Waals surface area contributed by atoms with Gasteiger partial charge < -0.3 is 5.32 Å². The summed E-state index contributed by atoms with van der Waals surface area (Å²) in [5.74, 6) is 0.900. The fourth-order valence-corrected chi connectivity index (χ4v) is 1.80. The molecule has 8 heteroatoms. The molecule has 0 aliphatic carbocycles. The third-order valence-electron chi connectivity index (χ3n) is 2.64. The van der Waals surface area contributed by atoms with Gasteiger partial charge in [0, 0.05) is 30.4 Å². The fraction of sp³-hybridized carbons (Fsp3) is 0.500. The van der Waals surface area contributed by atoms with E-state index in [9.17, 15) is 8.78 Å². The van der Waals surface area contributed by atoms with Crippen molar-refractivity contribution in [1.82, 2.24) is 19.6 Å². The second-order valence-corrected chi connectivity index (χ2v) is 4.57. The van der Waals surface area contributed by atoms with Gasteiger partial charge in [0.1, 0.15) is 12.4 Å². The zero-order valence-electron chi connectivity index (χ0n) is 11.3. The van der Waals surface area contributed by atoms with Gasteiger partial charge in [0.15, 0.2) is 0 Å². The summed E-state index contributed by atoms with van der Waals surface area (Å²) in [5.41, 5.74) is 0.858. The molecule has 0 aliphatic rings. The summed E-state index contributed by atoms with van der Waals surface area (Å²) in [6, 6.07) is 2.14. The van der Waals surface area contributed by atoms with Gasteiger partial charge in [-0.25, -0.2) is 13.5 Å². The Balaban J connectivity index is 0.00000200. The molecule has 1 N–H and O–H groups in total. The Hall–Kier alpha value is -1.63. The number of halogens is 3. The smallest absolute Gasteiger partial charge is 0.257 e. The van der Waals surface area contributed by atoms with Gasteiger partial charge >= 0.3 is 0 Å². The molecule has 2 aromatic heterocycles. The Morgan fingerprint density at radius 1 is 1.30 bits per heavy atom. The minimum absolute atomic E-state index is 0. The first-order valence-corrected chi connectivity index (χ1v) is 6.13. The first-order chi connectivity index (χ1) is 9.06. The number of nitrogens with zero attached hydrogens (tertiary/aromatic N) is 4. The molecule has 20 heavy (non-hydrogen) atoms. The van der Waals surface area contributed by atoms with Crippen LogP contribution in [0.2, 0.25) is 0 Å². The zero-order valence-corrected chi connectivity index (χ0v) is 12.1. The number of hydrogen-bond acceptors (Lipinski definition) is 3. The Kier molecular flexibility index (Phi) is 5.94. The van der Waals surface area contributed by atoms with Gasteiger partial charge in [0.25, 0.3) is 6.43 Å². The molecule has 0 saturated carbocycles. The lowest BCUT2D eigenvalue weighted by atomic mass is 10.3. The maximum absolute atomic E-state index is 12.2. The van der Waals surface area contributed by atoms with E-state index in [0.29, 0.717) is 6.54 Å². The van der Waals surface area contributed by atoms with E-state index in [1.54, 1.807) is 18.6 Å². The highest BCUT2D eigenvalue weighted by Gasteiger charge is 2.08. The lowest BCUT2D eigenvalue weighted by Gasteiger charge is -2.11. The number of hydrogen-bond donors (Lipinski definition) is 1. The number of rotatable bonds is 6. The van der Waals surface area contributed by atoms with Crippen LogP contribution in [0.1, 0.15) is 25.5 Å². The van der Waals surface area contributed by atoms with Crippen LogP contribution in [0.3, 0.4) is 0 Å². The van der Waals surface area contributed by atoms with Crippen molar-refractivity contribution in [3.63, 3.8) is 0 Å². The summed E-state index contributed by atoms with van der Waals surface area (Å²) in [6.45, 7) is 4.24. The van der Waals surface area contributed by atoms with E-state index < -0.39 is 6.43 Å². The van der Waals surface area contributed by atoms with Gasteiger partial charge in [0.2, 0.25) is 0 Å². The van der Waals surface area contributed by atoms with E-state index in [-0.39, 0.29) is 25.0 Å². The Morgan fingerprint density at radius 3 is 2.70 bits per heavy atom. The maximum Gasteiger partial charge on any atom is 0.257 e. The van der Waals surface area contributed by atoms with Crippen LogP contribution in [0.4, 0.5) is 14.6 Å². The minimum atomic E-state index is -2.39. The highest BCUT2D eigenvalue weighted by Crippen LogP contribution is 2.14. The lowest BCUT2D eigenvalue weighted by Crippen LogP contribution is -2.09. The SMILES string of the molecule is CC(C)n1nccc1NCc1cnn(CC(F)F)c1.Cl. The summed E-state index contributed by atoms with van der Waals surface area (Å²) >= 11 is 0. The monoisotopic (exact) mass is 305 g/mol. The molecule has 5 nitrogen and oxygen atoms in total. The predicted octanol–water partition coefficient (Wildman–Crippen LogP) is 2.96. The van der Waals surface area contributed by atoms with E-state index in [1.165, 1.54) is 4.68 Å². The predicted molar refractivity (Wildman–Crippen MR) is 75.4 cm³/mol. The molecule has 0 aromatic carbocycles. The summed E-state index contributed by atoms with van der Waals surface area (Å²) < 4.78 is 27.5. The molecule has 2 rings (SSSR count). The van der Waals surface area contributed by atoms with Gasteiger partial charge in [0.05, 0.1) is 12.4 Å². The molecule has 0 amide bonds. The van der Waals surface area contributed by atoms with Crippen molar-refractivity contribution in [3.8, 4) is 0 Å². The van der Waals surface area contributed by atoms with Crippen molar-refractivity contribution >= 4 is 18.2 Å². The molecule has 2 heterocycles. The average Bonchev–Trinajstić information content (AvgIpc) is 2.93. The molecule has 0 bridgehead atoms. The number of anilines is 1. The van der Waals surface area contributed by atoms with E-state index in [1.807, 2.05) is 24.6 Å². The van der Waals surface area contributed by atoms with Gasteiger partial charge in [-0.2, -0.15) is 10.2 Å². The van der Waals surface area contributed by atoms with Gasteiger partial charge in [-0.1, -0.05) is 0 Å². The third kappa shape index (κ3) is 4.19. The van der Waals surface area contributed by atoms with Gasteiger partial charge in [-0.3, -0.25) is 4.68 Å². The standard InChI is InChI=1S/C12H17F2N5.ClH/c1-9(2)19-12(3-4-16-19)15-5-10-6-17-18(7-10)8-11(13)14;/h3-4,6-7,9,11,15H,5,8H2,1-2H3;1H. The van der Waals surface area contributed by atoms with E-state index in [4.69, 9.17) is 0 Å². The van der Waals surface area contributed by atoms with Crippen LogP contribution in [0.25, 0.3) is 0 Å². The molecular formula is C12H18ClF2N5. The van der Waals surface area contributed by atoms with E-state index in [0.717, 1.165) is 11.4 Å². The quantitative estimate of drug-likeness (QED) is 0.892. The topological polar surface area (TPSA) is 47.7 Å². The molecule has 2 aromatic rings. The van der Waals surface area contributed by atoms with Crippen LogP contribution >= 0.6 is 12.4 Å². The second kappa shape index (κ2) is 7.23. The van der Waals surface area contributed by atoms with Crippen molar-refractivity contribution in [2.24, 2.45) is 0 Å².